The summed E-state index contributed by atoms with van der Waals surface area (Å²) in [6.45, 7) is 7.75. The minimum absolute atomic E-state index is 0.414. The predicted octanol–water partition coefficient (Wildman–Crippen LogP) is 4.86. The molecule has 0 aliphatic heterocycles. The van der Waals surface area contributed by atoms with Crippen molar-refractivity contribution in [2.45, 2.75) is 56.2 Å². The van der Waals surface area contributed by atoms with E-state index in [2.05, 4.69) is 26.1 Å². The Bertz CT molecular complexity index is 466. The molecule has 4 heteroatoms. The second kappa shape index (κ2) is 7.59. The third-order valence-corrected chi connectivity index (χ3v) is 5.80. The van der Waals surface area contributed by atoms with Crippen LogP contribution in [0.1, 0.15) is 40.0 Å². The molecule has 1 aromatic carbocycles. The molecule has 0 aromatic heterocycles. The third kappa shape index (κ3) is 4.43. The second-order valence-electron chi connectivity index (χ2n) is 6.27. The predicted molar refractivity (Wildman–Crippen MR) is 85.6 cm³/mol. The molecule has 1 aliphatic rings. The molecule has 1 aliphatic carbocycles. The van der Waals surface area contributed by atoms with Crippen LogP contribution in [0.25, 0.3) is 0 Å². The van der Waals surface area contributed by atoms with Gasteiger partial charge in [0.2, 0.25) is 0 Å². The molecule has 0 amide bonds. The molecule has 0 spiro atoms. The van der Waals surface area contributed by atoms with Gasteiger partial charge in [0, 0.05) is 16.2 Å². The van der Waals surface area contributed by atoms with Crippen LogP contribution in [0.15, 0.2) is 23.1 Å². The molecule has 1 aromatic rings. The van der Waals surface area contributed by atoms with E-state index in [1.165, 1.54) is 18.6 Å². The molecule has 4 atom stereocenters. The Labute approximate surface area is 130 Å². The van der Waals surface area contributed by atoms with Crippen LogP contribution in [0.5, 0.6) is 0 Å². The average Bonchev–Trinajstić information content (AvgIpc) is 2.43. The molecule has 0 bridgehead atoms. The van der Waals surface area contributed by atoms with Crippen LogP contribution in [0.3, 0.4) is 0 Å². The summed E-state index contributed by atoms with van der Waals surface area (Å²) in [5.74, 6) is -0.238. The first-order chi connectivity index (χ1) is 10.0. The van der Waals surface area contributed by atoms with Crippen molar-refractivity contribution in [3.8, 4) is 0 Å². The summed E-state index contributed by atoms with van der Waals surface area (Å²) < 4.78 is 26.4. The first kappa shape index (κ1) is 16.8. The van der Waals surface area contributed by atoms with Crippen molar-refractivity contribution < 1.29 is 8.78 Å². The van der Waals surface area contributed by atoms with E-state index >= 15 is 0 Å². The summed E-state index contributed by atoms with van der Waals surface area (Å²) in [6, 6.07) is 4.68. The lowest BCUT2D eigenvalue weighted by Gasteiger charge is -2.40. The fourth-order valence-corrected chi connectivity index (χ4v) is 4.61. The van der Waals surface area contributed by atoms with Crippen LogP contribution in [-0.2, 0) is 0 Å². The van der Waals surface area contributed by atoms with Crippen LogP contribution in [0, 0.1) is 23.5 Å². The monoisotopic (exact) mass is 313 g/mol. The van der Waals surface area contributed by atoms with Gasteiger partial charge in [0.05, 0.1) is 0 Å². The lowest BCUT2D eigenvalue weighted by Crippen LogP contribution is -2.46. The third-order valence-electron chi connectivity index (χ3n) is 4.21. The molecule has 4 unspecified atom stereocenters. The fourth-order valence-electron chi connectivity index (χ4n) is 3.26. The molecule has 0 heterocycles. The maximum Gasteiger partial charge on any atom is 0.159 e. The van der Waals surface area contributed by atoms with Crippen molar-refractivity contribution in [2.24, 2.45) is 11.8 Å². The molecule has 0 saturated heterocycles. The molecular formula is C17H25F2NS. The zero-order chi connectivity index (χ0) is 15.4. The van der Waals surface area contributed by atoms with Gasteiger partial charge < -0.3 is 5.32 Å². The highest BCUT2D eigenvalue weighted by Gasteiger charge is 2.34. The first-order valence-electron chi connectivity index (χ1n) is 7.86. The Kier molecular flexibility index (Phi) is 6.06. The van der Waals surface area contributed by atoms with E-state index in [1.807, 2.05) is 0 Å². The van der Waals surface area contributed by atoms with E-state index in [0.717, 1.165) is 30.2 Å². The standard InChI is InChI=1S/C17H25F2NS/c1-4-7-20-16-9-11(2)8-12(3)17(16)21-13-5-6-14(18)15(19)10-13/h5-6,10-12,16-17,20H,4,7-9H2,1-3H3. The maximum absolute atomic E-state index is 13.4. The molecule has 1 N–H and O–H groups in total. The number of nitrogens with one attached hydrogen (secondary N) is 1. The van der Waals surface area contributed by atoms with E-state index in [9.17, 15) is 8.78 Å². The number of rotatable bonds is 5. The minimum Gasteiger partial charge on any atom is -0.313 e. The zero-order valence-electron chi connectivity index (χ0n) is 13.0. The lowest BCUT2D eigenvalue weighted by atomic mass is 9.80. The Morgan fingerprint density at radius 2 is 1.95 bits per heavy atom. The van der Waals surface area contributed by atoms with Crippen molar-refractivity contribution in [2.75, 3.05) is 6.54 Å². The van der Waals surface area contributed by atoms with Gasteiger partial charge >= 0.3 is 0 Å². The number of thioether (sulfide) groups is 1. The molecule has 118 valence electrons. The van der Waals surface area contributed by atoms with Gasteiger partial charge in [0.15, 0.2) is 11.6 Å². The molecule has 1 nitrogen and oxygen atoms in total. The Morgan fingerprint density at radius 1 is 1.19 bits per heavy atom. The number of hydrogen-bond acceptors (Lipinski definition) is 2. The zero-order valence-corrected chi connectivity index (χ0v) is 13.9. The average molecular weight is 313 g/mol. The van der Waals surface area contributed by atoms with Crippen LogP contribution >= 0.6 is 11.8 Å². The molecule has 0 radical (unpaired) electrons. The summed E-state index contributed by atoms with van der Waals surface area (Å²) in [4.78, 5) is 0.823. The highest BCUT2D eigenvalue weighted by Crippen LogP contribution is 2.40. The SMILES string of the molecule is CCCNC1CC(C)CC(C)C1Sc1ccc(F)c(F)c1. The van der Waals surface area contributed by atoms with Crippen LogP contribution in [0.2, 0.25) is 0 Å². The van der Waals surface area contributed by atoms with Crippen molar-refractivity contribution in [1.82, 2.24) is 5.32 Å². The minimum atomic E-state index is -0.773. The highest BCUT2D eigenvalue weighted by atomic mass is 32.2. The summed E-state index contributed by atoms with van der Waals surface area (Å²) in [6.07, 6.45) is 3.47. The van der Waals surface area contributed by atoms with Crippen molar-refractivity contribution >= 4 is 11.8 Å². The van der Waals surface area contributed by atoms with E-state index in [1.54, 1.807) is 17.8 Å². The highest BCUT2D eigenvalue weighted by molar-refractivity contribution is 8.00. The summed E-state index contributed by atoms with van der Waals surface area (Å²) in [7, 11) is 0. The van der Waals surface area contributed by atoms with Crippen LogP contribution < -0.4 is 5.32 Å². The summed E-state index contributed by atoms with van der Waals surface area (Å²) in [5.41, 5.74) is 0. The van der Waals surface area contributed by atoms with Crippen molar-refractivity contribution in [3.63, 3.8) is 0 Å². The second-order valence-corrected chi connectivity index (χ2v) is 7.52. The smallest absolute Gasteiger partial charge is 0.159 e. The van der Waals surface area contributed by atoms with Crippen molar-refractivity contribution in [1.29, 1.82) is 0 Å². The molecule has 21 heavy (non-hydrogen) atoms. The Balaban J connectivity index is 2.10. The van der Waals surface area contributed by atoms with Gasteiger partial charge in [0.1, 0.15) is 0 Å². The van der Waals surface area contributed by atoms with Crippen LogP contribution in [0.4, 0.5) is 8.78 Å². The Hall–Kier alpha value is -0.610. The van der Waals surface area contributed by atoms with Gasteiger partial charge in [-0.25, -0.2) is 8.78 Å². The van der Waals surface area contributed by atoms with E-state index < -0.39 is 11.6 Å². The molecule has 1 saturated carbocycles. The molecule has 2 rings (SSSR count). The number of benzene rings is 1. The molecular weight excluding hydrogens is 288 g/mol. The first-order valence-corrected chi connectivity index (χ1v) is 8.74. The van der Waals surface area contributed by atoms with E-state index in [4.69, 9.17) is 0 Å². The molecule has 1 fully saturated rings. The van der Waals surface area contributed by atoms with Crippen LogP contribution in [-0.4, -0.2) is 17.8 Å². The van der Waals surface area contributed by atoms with Crippen molar-refractivity contribution in [3.05, 3.63) is 29.8 Å². The maximum atomic E-state index is 13.4. The van der Waals surface area contributed by atoms with Gasteiger partial charge in [-0.1, -0.05) is 20.8 Å². The van der Waals surface area contributed by atoms with Gasteiger partial charge in [-0.2, -0.15) is 0 Å². The number of halogens is 2. The largest absolute Gasteiger partial charge is 0.313 e. The Morgan fingerprint density at radius 3 is 2.62 bits per heavy atom. The lowest BCUT2D eigenvalue weighted by molar-refractivity contribution is 0.249. The van der Waals surface area contributed by atoms with Gasteiger partial charge in [0.25, 0.3) is 0 Å². The van der Waals surface area contributed by atoms with E-state index in [-0.39, 0.29) is 0 Å². The van der Waals surface area contributed by atoms with Gasteiger partial charge in [-0.05, 0) is 55.8 Å². The fraction of sp³-hybridized carbons (Fsp3) is 0.647. The summed E-state index contributed by atoms with van der Waals surface area (Å²) >= 11 is 1.69. The van der Waals surface area contributed by atoms with Gasteiger partial charge in [-0.15, -0.1) is 11.8 Å². The summed E-state index contributed by atoms with van der Waals surface area (Å²) in [5, 5.41) is 4.05. The van der Waals surface area contributed by atoms with E-state index in [0.29, 0.717) is 17.2 Å². The van der Waals surface area contributed by atoms with Gasteiger partial charge in [-0.3, -0.25) is 0 Å². The quantitative estimate of drug-likeness (QED) is 0.833. The number of hydrogen-bond donors (Lipinski definition) is 1. The topological polar surface area (TPSA) is 12.0 Å². The normalized spacial score (nSPS) is 29.6.